The summed E-state index contributed by atoms with van der Waals surface area (Å²) in [7, 11) is 1.62. The Morgan fingerprint density at radius 2 is 2.19 bits per heavy atom. The third kappa shape index (κ3) is 4.32. The standard InChI is InChI=1S/C19H26ClN3O3/c1-4-25-19-15(20)7-13(8-17(19)24-3)9-21-10-14-11-22-23-18(14)16-6-5-12(2)26-16/h5-8,14,18,21-23H,4,9-11H2,1-3H3. The summed E-state index contributed by atoms with van der Waals surface area (Å²) < 4.78 is 16.7. The number of aryl methyl sites for hydroxylation is 1. The first-order valence-corrected chi connectivity index (χ1v) is 9.24. The van der Waals surface area contributed by atoms with Gasteiger partial charge >= 0.3 is 0 Å². The monoisotopic (exact) mass is 379 g/mol. The van der Waals surface area contributed by atoms with Crippen molar-refractivity contribution in [3.05, 3.63) is 46.4 Å². The maximum atomic E-state index is 6.34. The lowest BCUT2D eigenvalue weighted by molar-refractivity contribution is 0.310. The van der Waals surface area contributed by atoms with E-state index in [1.807, 2.05) is 38.1 Å². The van der Waals surface area contributed by atoms with Crippen molar-refractivity contribution in [3.63, 3.8) is 0 Å². The molecule has 7 heteroatoms. The summed E-state index contributed by atoms with van der Waals surface area (Å²) >= 11 is 6.34. The van der Waals surface area contributed by atoms with Crippen molar-refractivity contribution in [1.82, 2.24) is 16.2 Å². The molecule has 0 aliphatic carbocycles. The Morgan fingerprint density at radius 3 is 2.88 bits per heavy atom. The van der Waals surface area contributed by atoms with Crippen molar-refractivity contribution in [3.8, 4) is 11.5 Å². The number of furan rings is 1. The summed E-state index contributed by atoms with van der Waals surface area (Å²) in [6.07, 6.45) is 0. The lowest BCUT2D eigenvalue weighted by atomic mass is 10.00. The minimum atomic E-state index is 0.162. The van der Waals surface area contributed by atoms with E-state index in [1.165, 1.54) is 0 Å². The molecule has 1 saturated heterocycles. The summed E-state index contributed by atoms with van der Waals surface area (Å²) in [5.74, 6) is 3.53. The third-order valence-electron chi connectivity index (χ3n) is 4.47. The van der Waals surface area contributed by atoms with Gasteiger partial charge in [-0.3, -0.25) is 5.43 Å². The van der Waals surface area contributed by atoms with Crippen LogP contribution in [0, 0.1) is 12.8 Å². The number of nitrogens with one attached hydrogen (secondary N) is 3. The fourth-order valence-corrected chi connectivity index (χ4v) is 3.50. The molecule has 1 aromatic carbocycles. The van der Waals surface area contributed by atoms with Crippen LogP contribution in [0.15, 0.2) is 28.7 Å². The fraction of sp³-hybridized carbons (Fsp3) is 0.474. The van der Waals surface area contributed by atoms with E-state index >= 15 is 0 Å². The van der Waals surface area contributed by atoms with Gasteiger partial charge in [-0.2, -0.15) is 0 Å². The van der Waals surface area contributed by atoms with Crippen LogP contribution in [0.3, 0.4) is 0 Å². The number of hydrazine groups is 1. The molecule has 0 amide bonds. The Morgan fingerprint density at radius 1 is 1.35 bits per heavy atom. The largest absolute Gasteiger partial charge is 0.493 e. The van der Waals surface area contributed by atoms with E-state index in [9.17, 15) is 0 Å². The molecule has 0 bridgehead atoms. The second-order valence-electron chi connectivity index (χ2n) is 6.38. The van der Waals surface area contributed by atoms with Gasteiger partial charge in [-0.1, -0.05) is 11.6 Å². The van der Waals surface area contributed by atoms with Crippen LogP contribution in [0.25, 0.3) is 0 Å². The quantitative estimate of drug-likeness (QED) is 0.654. The zero-order chi connectivity index (χ0) is 18.5. The minimum absolute atomic E-state index is 0.162. The molecule has 26 heavy (non-hydrogen) atoms. The summed E-state index contributed by atoms with van der Waals surface area (Å²) in [6.45, 7) is 6.85. The molecule has 6 nitrogen and oxygen atoms in total. The van der Waals surface area contributed by atoms with Crippen LogP contribution in [0.4, 0.5) is 0 Å². The maximum Gasteiger partial charge on any atom is 0.179 e. The van der Waals surface area contributed by atoms with E-state index in [-0.39, 0.29) is 6.04 Å². The highest BCUT2D eigenvalue weighted by molar-refractivity contribution is 6.32. The maximum absolute atomic E-state index is 6.34. The minimum Gasteiger partial charge on any atom is -0.493 e. The fourth-order valence-electron chi connectivity index (χ4n) is 3.21. The van der Waals surface area contributed by atoms with Crippen LogP contribution in [0.2, 0.25) is 5.02 Å². The van der Waals surface area contributed by atoms with Crippen molar-refractivity contribution < 1.29 is 13.9 Å². The number of benzene rings is 1. The van der Waals surface area contributed by atoms with Gasteiger partial charge < -0.3 is 19.2 Å². The van der Waals surface area contributed by atoms with E-state index in [1.54, 1.807) is 7.11 Å². The van der Waals surface area contributed by atoms with E-state index in [0.717, 1.165) is 30.2 Å². The van der Waals surface area contributed by atoms with Crippen molar-refractivity contribution in [2.75, 3.05) is 26.8 Å². The molecule has 1 aliphatic heterocycles. The van der Waals surface area contributed by atoms with Crippen LogP contribution in [0.5, 0.6) is 11.5 Å². The highest BCUT2D eigenvalue weighted by atomic mass is 35.5. The summed E-state index contributed by atoms with van der Waals surface area (Å²) in [5, 5.41) is 4.07. The first-order valence-electron chi connectivity index (χ1n) is 8.87. The third-order valence-corrected chi connectivity index (χ3v) is 4.76. The van der Waals surface area contributed by atoms with Gasteiger partial charge in [0, 0.05) is 25.6 Å². The van der Waals surface area contributed by atoms with Crippen molar-refractivity contribution >= 4 is 11.6 Å². The molecule has 0 spiro atoms. The van der Waals surface area contributed by atoms with Gasteiger partial charge in [0.1, 0.15) is 11.5 Å². The summed E-state index contributed by atoms with van der Waals surface area (Å²) in [6, 6.07) is 8.07. The van der Waals surface area contributed by atoms with Gasteiger partial charge in [0.2, 0.25) is 0 Å². The average Bonchev–Trinajstić information content (AvgIpc) is 3.25. The molecule has 1 aliphatic rings. The van der Waals surface area contributed by atoms with Crippen LogP contribution < -0.4 is 25.6 Å². The molecule has 2 unspecified atom stereocenters. The Balaban J connectivity index is 1.60. The van der Waals surface area contributed by atoms with Crippen molar-refractivity contribution in [1.29, 1.82) is 0 Å². The summed E-state index contributed by atoms with van der Waals surface area (Å²) in [5.41, 5.74) is 7.57. The zero-order valence-electron chi connectivity index (χ0n) is 15.4. The molecule has 0 saturated carbocycles. The lowest BCUT2D eigenvalue weighted by Gasteiger charge is -2.18. The molecular formula is C19H26ClN3O3. The molecule has 2 atom stereocenters. The molecule has 1 fully saturated rings. The number of hydrogen-bond acceptors (Lipinski definition) is 6. The highest BCUT2D eigenvalue weighted by Crippen LogP contribution is 2.36. The van der Waals surface area contributed by atoms with Gasteiger partial charge in [0.15, 0.2) is 11.5 Å². The number of hydrogen-bond donors (Lipinski definition) is 3. The molecule has 2 heterocycles. The molecular weight excluding hydrogens is 354 g/mol. The van der Waals surface area contributed by atoms with Crippen molar-refractivity contribution in [2.45, 2.75) is 26.4 Å². The molecule has 142 valence electrons. The second kappa shape index (κ2) is 8.77. The van der Waals surface area contributed by atoms with Gasteiger partial charge in [0.25, 0.3) is 0 Å². The Kier molecular flexibility index (Phi) is 6.43. The lowest BCUT2D eigenvalue weighted by Crippen LogP contribution is -2.28. The molecule has 0 radical (unpaired) electrons. The molecule has 1 aromatic heterocycles. The van der Waals surface area contributed by atoms with Crippen molar-refractivity contribution in [2.24, 2.45) is 5.92 Å². The van der Waals surface area contributed by atoms with Gasteiger partial charge in [0.05, 0.1) is 24.8 Å². The molecule has 3 N–H and O–H groups in total. The number of ether oxygens (including phenoxy) is 2. The predicted molar refractivity (Wildman–Crippen MR) is 102 cm³/mol. The zero-order valence-corrected chi connectivity index (χ0v) is 16.2. The summed E-state index contributed by atoms with van der Waals surface area (Å²) in [4.78, 5) is 0. The van der Waals surface area contributed by atoms with E-state index < -0.39 is 0 Å². The van der Waals surface area contributed by atoms with Crippen LogP contribution in [0.1, 0.15) is 30.0 Å². The SMILES string of the molecule is CCOc1c(Cl)cc(CNCC2CNNC2c2ccc(C)o2)cc1OC. The number of methoxy groups -OCH3 is 1. The molecule has 2 aromatic rings. The normalized spacial score (nSPS) is 19.7. The highest BCUT2D eigenvalue weighted by Gasteiger charge is 2.30. The smallest absolute Gasteiger partial charge is 0.179 e. The van der Waals surface area contributed by atoms with Gasteiger partial charge in [-0.05, 0) is 43.7 Å². The average molecular weight is 380 g/mol. The number of rotatable bonds is 8. The first kappa shape index (κ1) is 19.0. The Labute approximate surface area is 159 Å². The predicted octanol–water partition coefficient (Wildman–Crippen LogP) is 3.20. The van der Waals surface area contributed by atoms with Gasteiger partial charge in [-0.15, -0.1) is 0 Å². The Bertz CT molecular complexity index is 735. The number of halogens is 1. The Hall–Kier alpha value is -1.73. The second-order valence-corrected chi connectivity index (χ2v) is 6.79. The first-order chi connectivity index (χ1) is 12.6. The molecule has 3 rings (SSSR count). The van der Waals surface area contributed by atoms with Crippen LogP contribution in [-0.4, -0.2) is 26.8 Å². The van der Waals surface area contributed by atoms with Crippen LogP contribution in [-0.2, 0) is 6.54 Å². The van der Waals surface area contributed by atoms with Gasteiger partial charge in [-0.25, -0.2) is 5.43 Å². The van der Waals surface area contributed by atoms with E-state index in [4.69, 9.17) is 25.5 Å². The van der Waals surface area contributed by atoms with E-state index in [0.29, 0.717) is 35.6 Å². The topological polar surface area (TPSA) is 67.7 Å². The van der Waals surface area contributed by atoms with Crippen LogP contribution >= 0.6 is 11.6 Å². The van der Waals surface area contributed by atoms with E-state index in [2.05, 4.69) is 16.2 Å².